The van der Waals surface area contributed by atoms with Crippen molar-refractivity contribution in [2.75, 3.05) is 13.2 Å². The van der Waals surface area contributed by atoms with Crippen LogP contribution in [0.4, 0.5) is 9.18 Å². The summed E-state index contributed by atoms with van der Waals surface area (Å²) in [6.45, 7) is 5.40. The van der Waals surface area contributed by atoms with Gasteiger partial charge in [0.15, 0.2) is 5.67 Å². The van der Waals surface area contributed by atoms with Crippen LogP contribution in [0.3, 0.4) is 0 Å². The summed E-state index contributed by atoms with van der Waals surface area (Å²) in [6.07, 6.45) is -0.685. The molecule has 0 bridgehead atoms. The molecule has 0 aromatic rings. The van der Waals surface area contributed by atoms with Gasteiger partial charge in [-0.1, -0.05) is 0 Å². The Morgan fingerprint density at radius 3 is 2.29 bits per heavy atom. The molecule has 1 amide bonds. The van der Waals surface area contributed by atoms with E-state index < -0.39 is 30.5 Å². The molecule has 0 aromatic carbocycles. The van der Waals surface area contributed by atoms with Crippen LogP contribution in [-0.4, -0.2) is 35.6 Å². The molecule has 0 fully saturated rings. The van der Waals surface area contributed by atoms with Crippen molar-refractivity contribution in [3.8, 4) is 0 Å². The van der Waals surface area contributed by atoms with Crippen molar-refractivity contribution >= 4 is 6.09 Å². The number of alkyl halides is 1. The first-order valence-corrected chi connectivity index (χ1v) is 4.41. The number of nitrogens with one attached hydrogen (secondary N) is 1. The molecule has 0 aliphatic heterocycles. The topological polar surface area (TPSA) is 58.6 Å². The average molecular weight is 207 g/mol. The molecule has 0 aliphatic rings. The van der Waals surface area contributed by atoms with Gasteiger partial charge in [-0.2, -0.15) is 0 Å². The Balaban J connectivity index is 3.87. The van der Waals surface area contributed by atoms with Crippen molar-refractivity contribution in [1.82, 2.24) is 5.32 Å². The predicted molar refractivity (Wildman–Crippen MR) is 50.8 cm³/mol. The molecule has 84 valence electrons. The Hall–Kier alpha value is -0.840. The SMILES string of the molecule is CC(C)(C)NC(=O)OC[C@@](C)(F)CO. The van der Waals surface area contributed by atoms with Crippen molar-refractivity contribution in [1.29, 1.82) is 0 Å². The van der Waals surface area contributed by atoms with E-state index in [0.717, 1.165) is 6.92 Å². The van der Waals surface area contributed by atoms with Crippen molar-refractivity contribution in [2.24, 2.45) is 0 Å². The first kappa shape index (κ1) is 13.2. The Morgan fingerprint density at radius 1 is 1.43 bits per heavy atom. The molecule has 0 aromatic heterocycles. The summed E-state index contributed by atoms with van der Waals surface area (Å²) in [5, 5.41) is 11.1. The molecule has 0 spiro atoms. The van der Waals surface area contributed by atoms with Gasteiger partial charge in [0.2, 0.25) is 0 Å². The van der Waals surface area contributed by atoms with Crippen molar-refractivity contribution < 1.29 is 19.0 Å². The lowest BCUT2D eigenvalue weighted by atomic mass is 10.1. The van der Waals surface area contributed by atoms with Crippen molar-refractivity contribution in [2.45, 2.75) is 38.9 Å². The molecule has 0 saturated carbocycles. The average Bonchev–Trinajstić information content (AvgIpc) is 1.98. The van der Waals surface area contributed by atoms with Gasteiger partial charge in [-0.05, 0) is 27.7 Å². The lowest BCUT2D eigenvalue weighted by molar-refractivity contribution is 0.0173. The summed E-state index contributed by atoms with van der Waals surface area (Å²) in [5.41, 5.74) is -2.29. The van der Waals surface area contributed by atoms with Crippen LogP contribution < -0.4 is 5.32 Å². The molecule has 1 atom stereocenters. The van der Waals surface area contributed by atoms with Crippen LogP contribution in [0.15, 0.2) is 0 Å². The fraction of sp³-hybridized carbons (Fsp3) is 0.889. The van der Waals surface area contributed by atoms with Crippen LogP contribution >= 0.6 is 0 Å². The van der Waals surface area contributed by atoms with E-state index in [1.165, 1.54) is 0 Å². The summed E-state index contributed by atoms with van der Waals surface area (Å²) >= 11 is 0. The number of hydrogen-bond donors (Lipinski definition) is 2. The van der Waals surface area contributed by atoms with Gasteiger partial charge in [-0.3, -0.25) is 0 Å². The Kier molecular flexibility index (Phi) is 4.32. The number of aliphatic hydroxyl groups is 1. The van der Waals surface area contributed by atoms with Gasteiger partial charge in [0.05, 0.1) is 6.61 Å². The molecule has 14 heavy (non-hydrogen) atoms. The molecule has 0 rings (SSSR count). The fourth-order valence-corrected chi connectivity index (χ4v) is 0.604. The molecule has 5 heteroatoms. The largest absolute Gasteiger partial charge is 0.446 e. The Morgan fingerprint density at radius 2 is 1.93 bits per heavy atom. The third-order valence-electron chi connectivity index (χ3n) is 1.31. The molecular weight excluding hydrogens is 189 g/mol. The monoisotopic (exact) mass is 207 g/mol. The number of ether oxygens (including phenoxy) is 1. The molecule has 0 unspecified atom stereocenters. The second-order valence-electron chi connectivity index (χ2n) is 4.52. The number of aliphatic hydroxyl groups excluding tert-OH is 1. The predicted octanol–water partition coefficient (Wildman–Crippen LogP) is 1.23. The van der Waals surface area contributed by atoms with E-state index in [-0.39, 0.29) is 0 Å². The number of halogens is 1. The quantitative estimate of drug-likeness (QED) is 0.731. The van der Waals surface area contributed by atoms with Gasteiger partial charge in [0.1, 0.15) is 6.61 Å². The molecule has 2 N–H and O–H groups in total. The van der Waals surface area contributed by atoms with Crippen LogP contribution in [0, 0.1) is 0 Å². The fourth-order valence-electron chi connectivity index (χ4n) is 0.604. The second kappa shape index (κ2) is 4.59. The normalized spacial score (nSPS) is 15.9. The maximum Gasteiger partial charge on any atom is 0.407 e. The number of alkyl carbamates (subject to hydrolysis) is 1. The van der Waals surface area contributed by atoms with E-state index in [2.05, 4.69) is 10.1 Å². The standard InChI is InChI=1S/C9H18FNO3/c1-8(2,3)11-7(13)14-6-9(4,10)5-12/h12H,5-6H2,1-4H3,(H,11,13)/t9-/m0/s1. The Labute approximate surface area is 83.4 Å². The molecule has 4 nitrogen and oxygen atoms in total. The van der Waals surface area contributed by atoms with Crippen LogP contribution in [-0.2, 0) is 4.74 Å². The van der Waals surface area contributed by atoms with Crippen LogP contribution in [0.5, 0.6) is 0 Å². The van der Waals surface area contributed by atoms with Crippen LogP contribution in [0.1, 0.15) is 27.7 Å². The third-order valence-corrected chi connectivity index (χ3v) is 1.31. The second-order valence-corrected chi connectivity index (χ2v) is 4.52. The first-order chi connectivity index (χ1) is 6.16. The summed E-state index contributed by atoms with van der Waals surface area (Å²) in [5.74, 6) is 0. The highest BCUT2D eigenvalue weighted by molar-refractivity contribution is 5.68. The molecular formula is C9H18FNO3. The minimum Gasteiger partial charge on any atom is -0.446 e. The highest BCUT2D eigenvalue weighted by atomic mass is 19.1. The van der Waals surface area contributed by atoms with E-state index in [1.807, 2.05) is 0 Å². The lowest BCUT2D eigenvalue weighted by Gasteiger charge is -2.22. The van der Waals surface area contributed by atoms with Crippen LogP contribution in [0.2, 0.25) is 0 Å². The van der Waals surface area contributed by atoms with Crippen LogP contribution in [0.25, 0.3) is 0 Å². The van der Waals surface area contributed by atoms with Gasteiger partial charge in [0.25, 0.3) is 0 Å². The first-order valence-electron chi connectivity index (χ1n) is 4.41. The molecule has 0 aliphatic carbocycles. The van der Waals surface area contributed by atoms with E-state index in [1.54, 1.807) is 20.8 Å². The summed E-state index contributed by atoms with van der Waals surface area (Å²) < 4.78 is 17.6. The van der Waals surface area contributed by atoms with Gasteiger partial charge in [-0.15, -0.1) is 0 Å². The Bertz CT molecular complexity index is 199. The molecule has 0 saturated heterocycles. The summed E-state index contributed by atoms with van der Waals surface area (Å²) in [7, 11) is 0. The van der Waals surface area contributed by atoms with Crippen molar-refractivity contribution in [3.63, 3.8) is 0 Å². The maximum absolute atomic E-state index is 13.1. The number of carbonyl (C=O) groups is 1. The highest BCUT2D eigenvalue weighted by Crippen LogP contribution is 2.09. The zero-order valence-corrected chi connectivity index (χ0v) is 9.06. The third kappa shape index (κ3) is 6.65. The van der Waals surface area contributed by atoms with E-state index in [4.69, 9.17) is 5.11 Å². The maximum atomic E-state index is 13.1. The van der Waals surface area contributed by atoms with Gasteiger partial charge < -0.3 is 15.2 Å². The van der Waals surface area contributed by atoms with E-state index in [0.29, 0.717) is 0 Å². The smallest absolute Gasteiger partial charge is 0.407 e. The highest BCUT2D eigenvalue weighted by Gasteiger charge is 2.25. The number of rotatable bonds is 3. The van der Waals surface area contributed by atoms with Gasteiger partial charge in [-0.25, -0.2) is 9.18 Å². The van der Waals surface area contributed by atoms with Crippen molar-refractivity contribution in [3.05, 3.63) is 0 Å². The minimum atomic E-state index is -1.88. The zero-order valence-electron chi connectivity index (χ0n) is 9.06. The minimum absolute atomic E-state index is 0.414. The number of carbonyl (C=O) groups excluding carboxylic acids is 1. The van der Waals surface area contributed by atoms with E-state index in [9.17, 15) is 9.18 Å². The van der Waals surface area contributed by atoms with Gasteiger partial charge >= 0.3 is 6.09 Å². The summed E-state index contributed by atoms with van der Waals surface area (Å²) in [4.78, 5) is 11.0. The summed E-state index contributed by atoms with van der Waals surface area (Å²) in [6, 6.07) is 0. The lowest BCUT2D eigenvalue weighted by Crippen LogP contribution is -2.43. The zero-order chi connectivity index (χ0) is 11.4. The van der Waals surface area contributed by atoms with E-state index >= 15 is 0 Å². The molecule has 0 radical (unpaired) electrons. The number of hydrogen-bond acceptors (Lipinski definition) is 3. The molecule has 0 heterocycles. The van der Waals surface area contributed by atoms with Gasteiger partial charge in [0, 0.05) is 5.54 Å². The number of amides is 1.